The molecule has 2 amide bonds. The van der Waals surface area contributed by atoms with Gasteiger partial charge in [-0.05, 0) is 74.8 Å². The van der Waals surface area contributed by atoms with Crippen molar-refractivity contribution in [3.63, 3.8) is 0 Å². The minimum Gasteiger partial charge on any atom is -0.508 e. The highest BCUT2D eigenvalue weighted by atomic mass is 16.3. The predicted molar refractivity (Wildman–Crippen MR) is 151 cm³/mol. The molecule has 0 saturated heterocycles. The van der Waals surface area contributed by atoms with Crippen LogP contribution in [0.1, 0.15) is 35.1 Å². The number of fused-ring (bicyclic) bond motifs is 3. The smallest absolute Gasteiger partial charge is 0.255 e. The van der Waals surface area contributed by atoms with Crippen LogP contribution in [0.4, 0.5) is 5.69 Å². The standard InChI is InChI=1S/C31H29N3O8/c1-34(2)14-23(37)33-19-8-4-15(5-9-19)3-6-16-7-10-21(35)25-20(16)12-17-11-18-13-22(36)26(30(32)41)29(40)31(18,42)28(39)24(17)27(25)38/h4-5,7-10,17-18,35,38,40,42H,11-14H2,1-2H3,(H2,32,41)(H,33,37)/t17-,18+,31+/m1/s1. The lowest BCUT2D eigenvalue weighted by molar-refractivity contribution is -0.147. The quantitative estimate of drug-likeness (QED) is 0.232. The average Bonchev–Trinajstić information content (AvgIpc) is 2.90. The minimum absolute atomic E-state index is 0.0205. The molecule has 0 aliphatic heterocycles. The van der Waals surface area contributed by atoms with Crippen molar-refractivity contribution >= 4 is 34.8 Å². The Labute approximate surface area is 240 Å². The fourth-order valence-electron chi connectivity index (χ4n) is 6.00. The van der Waals surface area contributed by atoms with E-state index in [0.717, 1.165) is 0 Å². The summed E-state index contributed by atoms with van der Waals surface area (Å²) in [7, 11) is 3.59. The number of nitrogens with two attached hydrogens (primary N) is 1. The fraction of sp³-hybridized carbons (Fsp3) is 0.290. The number of aromatic hydroxyl groups is 1. The summed E-state index contributed by atoms with van der Waals surface area (Å²) in [6.45, 7) is 0.242. The normalized spacial score (nSPS) is 23.0. The Hall–Kier alpha value is -4.92. The molecule has 0 radical (unpaired) electrons. The number of aliphatic hydroxyl groups excluding tert-OH is 2. The number of nitrogens with one attached hydrogen (secondary N) is 1. The number of likely N-dealkylation sites (N-methyl/N-ethyl adjacent to an activating group) is 1. The van der Waals surface area contributed by atoms with Crippen molar-refractivity contribution in [2.45, 2.75) is 24.9 Å². The Balaban J connectivity index is 1.50. The summed E-state index contributed by atoms with van der Waals surface area (Å²) >= 11 is 0. The monoisotopic (exact) mass is 571 g/mol. The Bertz CT molecular complexity index is 1680. The number of aliphatic hydroxyl groups is 3. The molecule has 42 heavy (non-hydrogen) atoms. The first-order valence-corrected chi connectivity index (χ1v) is 13.2. The molecule has 1 saturated carbocycles. The zero-order valence-corrected chi connectivity index (χ0v) is 22.9. The van der Waals surface area contributed by atoms with Crippen molar-refractivity contribution in [3.05, 3.63) is 75.6 Å². The van der Waals surface area contributed by atoms with Gasteiger partial charge in [-0.1, -0.05) is 11.8 Å². The number of benzene rings is 2. The molecule has 216 valence electrons. The predicted octanol–water partition coefficient (Wildman–Crippen LogP) is 1.32. The van der Waals surface area contributed by atoms with Gasteiger partial charge >= 0.3 is 0 Å². The molecule has 5 rings (SSSR count). The van der Waals surface area contributed by atoms with Crippen LogP contribution in [0.15, 0.2) is 53.3 Å². The molecule has 2 aromatic carbocycles. The summed E-state index contributed by atoms with van der Waals surface area (Å²) in [5.41, 5.74) is 3.78. The third kappa shape index (κ3) is 4.70. The number of phenols is 1. The molecular formula is C31H29N3O8. The van der Waals surface area contributed by atoms with E-state index >= 15 is 0 Å². The highest BCUT2D eigenvalue weighted by Crippen LogP contribution is 2.52. The maximum Gasteiger partial charge on any atom is 0.255 e. The molecule has 3 atom stereocenters. The molecule has 0 spiro atoms. The van der Waals surface area contributed by atoms with E-state index in [1.54, 1.807) is 49.3 Å². The SMILES string of the molecule is CN(C)CC(=O)Nc1ccc(C#Cc2ccc(O)c3c2C[C@H]2C[C@H]4CC(=O)C(C(N)=O)=C(O)[C@@]4(O)C(=O)C2=C3O)cc1. The maximum absolute atomic E-state index is 13.6. The number of carbonyl (C=O) groups excluding carboxylic acids is 4. The zero-order valence-electron chi connectivity index (χ0n) is 22.9. The number of hydrogen-bond donors (Lipinski definition) is 6. The number of primary amides is 1. The van der Waals surface area contributed by atoms with Crippen LogP contribution in [0.2, 0.25) is 0 Å². The molecule has 3 aliphatic carbocycles. The van der Waals surface area contributed by atoms with E-state index in [2.05, 4.69) is 17.2 Å². The Kier molecular flexibility index (Phi) is 7.14. The number of carbonyl (C=O) groups is 4. The molecule has 7 N–H and O–H groups in total. The van der Waals surface area contributed by atoms with Gasteiger partial charge in [0.1, 0.15) is 22.8 Å². The van der Waals surface area contributed by atoms with E-state index in [1.807, 2.05) is 0 Å². The number of rotatable bonds is 4. The second-order valence-electron chi connectivity index (χ2n) is 11.0. The van der Waals surface area contributed by atoms with Gasteiger partial charge in [-0.25, -0.2) is 0 Å². The first-order chi connectivity index (χ1) is 19.8. The van der Waals surface area contributed by atoms with Crippen LogP contribution in [0, 0.1) is 23.7 Å². The van der Waals surface area contributed by atoms with Crippen LogP contribution >= 0.6 is 0 Å². The van der Waals surface area contributed by atoms with Gasteiger partial charge < -0.3 is 36.4 Å². The summed E-state index contributed by atoms with van der Waals surface area (Å²) in [5, 5.41) is 46.7. The number of ketones is 2. The van der Waals surface area contributed by atoms with Crippen LogP contribution in [0.25, 0.3) is 5.76 Å². The van der Waals surface area contributed by atoms with Gasteiger partial charge in [-0.3, -0.25) is 19.2 Å². The lowest BCUT2D eigenvalue weighted by atomic mass is 9.59. The Morgan fingerprint density at radius 3 is 2.38 bits per heavy atom. The molecule has 0 unspecified atom stereocenters. The highest BCUT2D eigenvalue weighted by molar-refractivity contribution is 6.22. The van der Waals surface area contributed by atoms with Crippen molar-refractivity contribution in [2.24, 2.45) is 17.6 Å². The molecule has 3 aliphatic rings. The van der Waals surface area contributed by atoms with Crippen molar-refractivity contribution in [1.29, 1.82) is 0 Å². The largest absolute Gasteiger partial charge is 0.508 e. The van der Waals surface area contributed by atoms with Crippen molar-refractivity contribution in [3.8, 4) is 17.6 Å². The van der Waals surface area contributed by atoms with Crippen LogP contribution in [-0.4, -0.2) is 74.9 Å². The summed E-state index contributed by atoms with van der Waals surface area (Å²) < 4.78 is 0. The average molecular weight is 572 g/mol. The van der Waals surface area contributed by atoms with Crippen LogP contribution in [-0.2, 0) is 25.6 Å². The van der Waals surface area contributed by atoms with Gasteiger partial charge in [-0.2, -0.15) is 0 Å². The molecule has 2 aromatic rings. The molecule has 11 heteroatoms. The van der Waals surface area contributed by atoms with Gasteiger partial charge in [0.25, 0.3) is 5.91 Å². The van der Waals surface area contributed by atoms with Gasteiger partial charge in [0.15, 0.2) is 11.4 Å². The van der Waals surface area contributed by atoms with E-state index < -0.39 is 52.0 Å². The Morgan fingerprint density at radius 2 is 1.74 bits per heavy atom. The van der Waals surface area contributed by atoms with Crippen molar-refractivity contribution in [2.75, 3.05) is 26.0 Å². The van der Waals surface area contributed by atoms with Gasteiger partial charge in [0.05, 0.1) is 12.1 Å². The van der Waals surface area contributed by atoms with Gasteiger partial charge in [0.2, 0.25) is 11.7 Å². The zero-order chi connectivity index (χ0) is 30.5. The van der Waals surface area contributed by atoms with Gasteiger partial charge in [0, 0.05) is 34.7 Å². The van der Waals surface area contributed by atoms with E-state index in [1.165, 1.54) is 6.07 Å². The van der Waals surface area contributed by atoms with Crippen LogP contribution in [0.3, 0.4) is 0 Å². The number of anilines is 1. The van der Waals surface area contributed by atoms with Crippen LogP contribution in [0.5, 0.6) is 5.75 Å². The molecule has 0 heterocycles. The summed E-state index contributed by atoms with van der Waals surface area (Å²) in [6, 6.07) is 9.84. The molecule has 1 fully saturated rings. The van der Waals surface area contributed by atoms with E-state index in [0.29, 0.717) is 22.4 Å². The minimum atomic E-state index is -2.61. The topological polar surface area (TPSA) is 190 Å². The third-order valence-electron chi connectivity index (χ3n) is 7.92. The molecule has 0 aromatic heterocycles. The van der Waals surface area contributed by atoms with Crippen LogP contribution < -0.4 is 11.1 Å². The van der Waals surface area contributed by atoms with Gasteiger partial charge in [-0.15, -0.1) is 0 Å². The Morgan fingerprint density at radius 1 is 1.05 bits per heavy atom. The second-order valence-corrected chi connectivity index (χ2v) is 11.0. The van der Waals surface area contributed by atoms with Crippen molar-refractivity contribution < 1.29 is 39.6 Å². The maximum atomic E-state index is 13.6. The summed E-state index contributed by atoms with van der Waals surface area (Å²) in [6.07, 6.45) is -0.198. The van der Waals surface area contributed by atoms with E-state index in [9.17, 15) is 39.6 Å². The summed E-state index contributed by atoms with van der Waals surface area (Å²) in [5.74, 6) is -0.859. The number of nitrogens with zero attached hydrogens (tertiary/aromatic N) is 1. The molecule has 0 bridgehead atoms. The number of hydrogen-bond acceptors (Lipinski definition) is 9. The number of Topliss-reactive ketones (excluding diaryl/α,β-unsaturated/α-hetero) is 2. The number of amides is 2. The van der Waals surface area contributed by atoms with E-state index in [4.69, 9.17) is 5.73 Å². The first-order valence-electron chi connectivity index (χ1n) is 13.2. The lowest BCUT2D eigenvalue weighted by Crippen LogP contribution is -2.58. The molecular weight excluding hydrogens is 542 g/mol. The number of phenolic OH excluding ortho intramolecular Hbond substituents is 1. The van der Waals surface area contributed by atoms with Crippen molar-refractivity contribution in [1.82, 2.24) is 4.90 Å². The third-order valence-corrected chi connectivity index (χ3v) is 7.92. The highest BCUT2D eigenvalue weighted by Gasteiger charge is 2.60. The molecule has 11 nitrogen and oxygen atoms in total. The first kappa shape index (κ1) is 28.6. The second kappa shape index (κ2) is 10.5. The summed E-state index contributed by atoms with van der Waals surface area (Å²) in [4.78, 5) is 51.7. The fourth-order valence-corrected chi connectivity index (χ4v) is 6.00. The lowest BCUT2D eigenvalue weighted by Gasteiger charge is -2.46. The van der Waals surface area contributed by atoms with E-state index in [-0.39, 0.29) is 48.6 Å².